The first kappa shape index (κ1) is 13.7. The first-order chi connectivity index (χ1) is 8.15. The zero-order valence-corrected chi connectivity index (χ0v) is 11.2. The van der Waals surface area contributed by atoms with Crippen molar-refractivity contribution < 1.29 is 4.74 Å². The van der Waals surface area contributed by atoms with Crippen molar-refractivity contribution in [2.75, 3.05) is 39.1 Å². The molecule has 0 fully saturated rings. The quantitative estimate of drug-likeness (QED) is 0.778. The summed E-state index contributed by atoms with van der Waals surface area (Å²) >= 11 is 0. The Hall–Kier alpha value is -1.36. The van der Waals surface area contributed by atoms with Gasteiger partial charge in [-0.25, -0.2) is 4.98 Å². The molecule has 5 nitrogen and oxygen atoms in total. The number of hydrogen-bond donors (Lipinski definition) is 1. The van der Waals surface area contributed by atoms with Crippen molar-refractivity contribution in [1.29, 1.82) is 0 Å². The highest BCUT2D eigenvalue weighted by Gasteiger charge is 2.03. The van der Waals surface area contributed by atoms with E-state index in [1.807, 2.05) is 34.0 Å². The lowest BCUT2D eigenvalue weighted by Crippen LogP contribution is -2.21. The number of hydrogen-bond acceptors (Lipinski definition) is 5. The second kappa shape index (κ2) is 7.06. The molecule has 1 aromatic rings. The van der Waals surface area contributed by atoms with E-state index in [2.05, 4.69) is 20.2 Å². The highest BCUT2D eigenvalue weighted by molar-refractivity contribution is 5.38. The van der Waals surface area contributed by atoms with E-state index in [0.717, 1.165) is 31.2 Å². The molecule has 0 saturated carbocycles. The molecule has 0 aliphatic heterocycles. The summed E-state index contributed by atoms with van der Waals surface area (Å²) in [6, 6.07) is 1.85. The molecule has 1 rings (SSSR count). The predicted molar refractivity (Wildman–Crippen MR) is 69.6 cm³/mol. The molecule has 0 radical (unpaired) electrons. The molecule has 0 saturated heterocycles. The zero-order chi connectivity index (χ0) is 12.7. The molecule has 17 heavy (non-hydrogen) atoms. The van der Waals surface area contributed by atoms with Gasteiger partial charge in [-0.05, 0) is 21.0 Å². The van der Waals surface area contributed by atoms with Crippen molar-refractivity contribution in [3.05, 3.63) is 11.9 Å². The van der Waals surface area contributed by atoms with E-state index in [-0.39, 0.29) is 0 Å². The molecule has 5 heteroatoms. The molecule has 0 aliphatic rings. The minimum absolute atomic E-state index is 0.622. The van der Waals surface area contributed by atoms with Gasteiger partial charge in [0.15, 0.2) is 0 Å². The maximum absolute atomic E-state index is 5.41. The number of anilines is 1. The van der Waals surface area contributed by atoms with Crippen molar-refractivity contribution in [2.45, 2.75) is 20.3 Å². The number of aryl methyl sites for hydroxylation is 1. The minimum Gasteiger partial charge on any atom is -0.478 e. The minimum atomic E-state index is 0.622. The molecule has 0 unspecified atom stereocenters. The topological polar surface area (TPSA) is 50.3 Å². The third-order valence-electron chi connectivity index (χ3n) is 2.22. The Balaban J connectivity index is 2.66. The lowest BCUT2D eigenvalue weighted by atomic mass is 10.4. The molecular formula is C12H22N4O. The number of nitrogens with zero attached hydrogens (tertiary/aromatic N) is 3. The normalized spacial score (nSPS) is 10.6. The van der Waals surface area contributed by atoms with Crippen LogP contribution in [0.5, 0.6) is 5.88 Å². The fourth-order valence-electron chi connectivity index (χ4n) is 1.35. The molecule has 0 atom stereocenters. The summed E-state index contributed by atoms with van der Waals surface area (Å²) in [5.74, 6) is 2.29. The number of ether oxygens (including phenoxy) is 1. The largest absolute Gasteiger partial charge is 0.478 e. The van der Waals surface area contributed by atoms with Gasteiger partial charge in [0.1, 0.15) is 11.6 Å². The molecule has 1 N–H and O–H groups in total. The molecule has 0 amide bonds. The van der Waals surface area contributed by atoms with Gasteiger partial charge in [-0.3, -0.25) is 0 Å². The second-order valence-corrected chi connectivity index (χ2v) is 4.02. The van der Waals surface area contributed by atoms with Crippen LogP contribution in [0.25, 0.3) is 0 Å². The van der Waals surface area contributed by atoms with Crippen LogP contribution < -0.4 is 10.1 Å². The van der Waals surface area contributed by atoms with Crippen LogP contribution >= 0.6 is 0 Å². The average molecular weight is 238 g/mol. The summed E-state index contributed by atoms with van der Waals surface area (Å²) in [6.45, 7) is 6.44. The van der Waals surface area contributed by atoms with E-state index >= 15 is 0 Å². The van der Waals surface area contributed by atoms with Gasteiger partial charge in [0.2, 0.25) is 5.88 Å². The summed E-state index contributed by atoms with van der Waals surface area (Å²) in [5.41, 5.74) is 0. The molecule has 0 bridgehead atoms. The van der Waals surface area contributed by atoms with E-state index in [1.54, 1.807) is 0 Å². The second-order valence-electron chi connectivity index (χ2n) is 4.02. The first-order valence-electron chi connectivity index (χ1n) is 6.05. The smallest absolute Gasteiger partial charge is 0.218 e. The Kier molecular flexibility index (Phi) is 5.69. The highest BCUT2D eigenvalue weighted by atomic mass is 16.5. The zero-order valence-electron chi connectivity index (χ0n) is 11.2. The number of likely N-dealkylation sites (N-methyl/N-ethyl adjacent to an activating group) is 1. The van der Waals surface area contributed by atoms with Gasteiger partial charge in [-0.2, -0.15) is 4.98 Å². The van der Waals surface area contributed by atoms with Crippen LogP contribution in [-0.2, 0) is 6.42 Å². The molecule has 1 heterocycles. The fraction of sp³-hybridized carbons (Fsp3) is 0.667. The summed E-state index contributed by atoms with van der Waals surface area (Å²) in [5, 5.41) is 3.28. The molecule has 0 spiro atoms. The number of rotatable bonds is 7. The number of aromatic nitrogens is 2. The Morgan fingerprint density at radius 1 is 1.29 bits per heavy atom. The van der Waals surface area contributed by atoms with E-state index in [4.69, 9.17) is 4.74 Å². The van der Waals surface area contributed by atoms with E-state index in [0.29, 0.717) is 12.5 Å². The number of nitrogens with one attached hydrogen (secondary N) is 1. The third-order valence-corrected chi connectivity index (χ3v) is 2.22. The van der Waals surface area contributed by atoms with Crippen molar-refractivity contribution in [2.24, 2.45) is 0 Å². The Bertz CT molecular complexity index is 341. The van der Waals surface area contributed by atoms with Crippen LogP contribution in [0, 0.1) is 0 Å². The van der Waals surface area contributed by atoms with Crippen molar-refractivity contribution in [1.82, 2.24) is 14.9 Å². The standard InChI is InChI=1S/C12H22N4O/c1-5-10-14-11(13-7-8-16(3)4)9-12(15-10)17-6-2/h9H,5-8H2,1-4H3,(H,13,14,15). The van der Waals surface area contributed by atoms with Gasteiger partial charge in [0.05, 0.1) is 6.61 Å². The lowest BCUT2D eigenvalue weighted by Gasteiger charge is -2.12. The molecular weight excluding hydrogens is 216 g/mol. The van der Waals surface area contributed by atoms with Crippen LogP contribution in [0.4, 0.5) is 5.82 Å². The Morgan fingerprint density at radius 2 is 2.06 bits per heavy atom. The van der Waals surface area contributed by atoms with E-state index in [9.17, 15) is 0 Å². The summed E-state index contributed by atoms with van der Waals surface area (Å²) in [4.78, 5) is 10.8. The third kappa shape index (κ3) is 4.99. The average Bonchev–Trinajstić information content (AvgIpc) is 2.28. The van der Waals surface area contributed by atoms with Crippen molar-refractivity contribution in [3.63, 3.8) is 0 Å². The maximum atomic E-state index is 5.41. The monoisotopic (exact) mass is 238 g/mol. The lowest BCUT2D eigenvalue weighted by molar-refractivity contribution is 0.325. The van der Waals surface area contributed by atoms with E-state index < -0.39 is 0 Å². The van der Waals surface area contributed by atoms with Gasteiger partial charge in [0.25, 0.3) is 0 Å². The first-order valence-corrected chi connectivity index (χ1v) is 6.05. The van der Waals surface area contributed by atoms with Gasteiger partial charge in [0, 0.05) is 25.6 Å². The van der Waals surface area contributed by atoms with Crippen molar-refractivity contribution >= 4 is 5.82 Å². The van der Waals surface area contributed by atoms with Crippen LogP contribution in [0.15, 0.2) is 6.07 Å². The van der Waals surface area contributed by atoms with Gasteiger partial charge in [-0.1, -0.05) is 6.92 Å². The van der Waals surface area contributed by atoms with Crippen LogP contribution in [0.1, 0.15) is 19.7 Å². The van der Waals surface area contributed by atoms with Crippen LogP contribution in [0.3, 0.4) is 0 Å². The van der Waals surface area contributed by atoms with Gasteiger partial charge in [-0.15, -0.1) is 0 Å². The van der Waals surface area contributed by atoms with Crippen LogP contribution in [0.2, 0.25) is 0 Å². The SMILES string of the molecule is CCOc1cc(NCCN(C)C)nc(CC)n1. The fourth-order valence-corrected chi connectivity index (χ4v) is 1.35. The molecule has 0 aromatic carbocycles. The summed E-state index contributed by atoms with van der Waals surface area (Å²) in [6.07, 6.45) is 0.809. The van der Waals surface area contributed by atoms with Gasteiger partial charge >= 0.3 is 0 Å². The molecule has 1 aromatic heterocycles. The Morgan fingerprint density at radius 3 is 2.65 bits per heavy atom. The summed E-state index contributed by atoms with van der Waals surface area (Å²) < 4.78 is 5.41. The molecule has 96 valence electrons. The molecule has 0 aliphatic carbocycles. The van der Waals surface area contributed by atoms with E-state index in [1.165, 1.54) is 0 Å². The summed E-state index contributed by atoms with van der Waals surface area (Å²) in [7, 11) is 4.09. The van der Waals surface area contributed by atoms with Crippen LogP contribution in [-0.4, -0.2) is 48.7 Å². The van der Waals surface area contributed by atoms with Gasteiger partial charge < -0.3 is 15.0 Å². The van der Waals surface area contributed by atoms with Crippen molar-refractivity contribution in [3.8, 4) is 5.88 Å². The highest BCUT2D eigenvalue weighted by Crippen LogP contribution is 2.13. The predicted octanol–water partition coefficient (Wildman–Crippen LogP) is 1.41. The maximum Gasteiger partial charge on any atom is 0.218 e. The Labute approximate surface area is 103 Å².